The molecule has 6 heteroatoms. The van der Waals surface area contributed by atoms with Gasteiger partial charge in [-0.1, -0.05) is 13.5 Å². The molecular formula is C16H17FN2O3. The molecule has 0 saturated carbocycles. The van der Waals surface area contributed by atoms with E-state index in [9.17, 15) is 14.0 Å². The first-order chi connectivity index (χ1) is 10.4. The predicted molar refractivity (Wildman–Crippen MR) is 82.0 cm³/mol. The number of hydrogen-bond acceptors (Lipinski definition) is 3. The number of fused-ring (bicyclic) bond motifs is 1. The highest BCUT2D eigenvalue weighted by Crippen LogP contribution is 2.35. The summed E-state index contributed by atoms with van der Waals surface area (Å²) >= 11 is 0. The van der Waals surface area contributed by atoms with Crippen LogP contribution in [-0.2, 0) is 4.79 Å². The Balaban J connectivity index is 2.53. The number of hydrogen-bond donors (Lipinski definition) is 2. The van der Waals surface area contributed by atoms with Gasteiger partial charge in [-0.15, -0.1) is 0 Å². The normalized spacial score (nSPS) is 13.0. The lowest BCUT2D eigenvalue weighted by Crippen LogP contribution is -2.29. The summed E-state index contributed by atoms with van der Waals surface area (Å²) in [6, 6.07) is 2.55. The number of carboxylic acids is 1. The van der Waals surface area contributed by atoms with E-state index in [-0.39, 0.29) is 17.3 Å². The van der Waals surface area contributed by atoms with E-state index in [1.165, 1.54) is 17.0 Å². The van der Waals surface area contributed by atoms with Gasteiger partial charge in [-0.25, -0.2) is 9.18 Å². The first-order valence-corrected chi connectivity index (χ1v) is 6.86. The maximum absolute atomic E-state index is 14.0. The third-order valence-corrected chi connectivity index (χ3v) is 3.42. The van der Waals surface area contributed by atoms with E-state index in [0.29, 0.717) is 23.2 Å². The lowest BCUT2D eigenvalue weighted by molar-refractivity contribution is -0.132. The summed E-state index contributed by atoms with van der Waals surface area (Å²) in [4.78, 5) is 25.1. The summed E-state index contributed by atoms with van der Waals surface area (Å²) < 4.78 is 14.0. The number of halogens is 1. The first-order valence-electron chi connectivity index (χ1n) is 6.86. The highest BCUT2D eigenvalue weighted by atomic mass is 19.1. The minimum Gasteiger partial charge on any atom is -0.477 e. The molecule has 0 atom stereocenters. The number of allylic oxidation sites excluding steroid dienone is 2. The van der Waals surface area contributed by atoms with Gasteiger partial charge in [0.2, 0.25) is 0 Å². The van der Waals surface area contributed by atoms with Gasteiger partial charge < -0.3 is 15.3 Å². The Bertz CT molecular complexity index is 695. The molecule has 22 heavy (non-hydrogen) atoms. The molecule has 0 aromatic heterocycles. The van der Waals surface area contributed by atoms with Crippen LogP contribution in [0.2, 0.25) is 0 Å². The molecule has 116 valence electrons. The molecule has 1 aromatic carbocycles. The standard InChI is InChI=1S/C16H17FN2O3/c1-4-7-19(3)15(20)10-5-6-11(17)14-13(10)9(2)8-12(18-14)16(21)22/h5-6,8,18H,2,4,7H2,1,3H3,(H,21,22). The van der Waals surface area contributed by atoms with Crippen molar-refractivity contribution in [2.75, 3.05) is 18.9 Å². The Kier molecular flexibility index (Phi) is 4.30. The number of carbonyl (C=O) groups is 2. The zero-order valence-corrected chi connectivity index (χ0v) is 12.4. The Morgan fingerprint density at radius 2 is 2.09 bits per heavy atom. The third-order valence-electron chi connectivity index (χ3n) is 3.42. The molecule has 0 saturated heterocycles. The van der Waals surface area contributed by atoms with Gasteiger partial charge in [0.25, 0.3) is 5.91 Å². The molecule has 1 aliphatic heterocycles. The van der Waals surface area contributed by atoms with Crippen LogP contribution in [-0.4, -0.2) is 35.5 Å². The van der Waals surface area contributed by atoms with E-state index in [2.05, 4.69) is 11.9 Å². The summed E-state index contributed by atoms with van der Waals surface area (Å²) in [5.41, 5.74) is 0.686. The van der Waals surface area contributed by atoms with Crippen molar-refractivity contribution in [3.63, 3.8) is 0 Å². The highest BCUT2D eigenvalue weighted by molar-refractivity contribution is 6.06. The Morgan fingerprint density at radius 1 is 1.41 bits per heavy atom. The Hall–Kier alpha value is -2.63. The van der Waals surface area contributed by atoms with Crippen LogP contribution >= 0.6 is 0 Å². The van der Waals surface area contributed by atoms with Crippen LogP contribution in [0.4, 0.5) is 10.1 Å². The van der Waals surface area contributed by atoms with Gasteiger partial charge in [-0.2, -0.15) is 0 Å². The molecule has 2 N–H and O–H groups in total. The average molecular weight is 304 g/mol. The van der Waals surface area contributed by atoms with Gasteiger partial charge >= 0.3 is 5.97 Å². The SMILES string of the molecule is C=C1C=C(C(=O)O)Nc2c(F)ccc(C(=O)N(C)CCC)c21. The van der Waals surface area contributed by atoms with Crippen molar-refractivity contribution >= 4 is 23.1 Å². The number of rotatable bonds is 4. The van der Waals surface area contributed by atoms with Gasteiger partial charge in [-0.05, 0) is 30.2 Å². The number of carboxylic acid groups (broad SMARTS) is 1. The fraction of sp³-hybridized carbons (Fsp3) is 0.250. The molecule has 0 aliphatic carbocycles. The molecule has 0 unspecified atom stereocenters. The Labute approximate surface area is 127 Å². The molecule has 0 bridgehead atoms. The molecule has 2 rings (SSSR count). The number of nitrogens with one attached hydrogen (secondary N) is 1. The highest BCUT2D eigenvalue weighted by Gasteiger charge is 2.26. The van der Waals surface area contributed by atoms with Gasteiger partial charge in [-0.3, -0.25) is 4.79 Å². The van der Waals surface area contributed by atoms with Crippen molar-refractivity contribution in [2.45, 2.75) is 13.3 Å². The topological polar surface area (TPSA) is 69.6 Å². The number of anilines is 1. The van der Waals surface area contributed by atoms with Gasteiger partial charge in [0.1, 0.15) is 11.5 Å². The van der Waals surface area contributed by atoms with Crippen LogP contribution < -0.4 is 5.32 Å². The van der Waals surface area contributed by atoms with E-state index in [0.717, 1.165) is 12.5 Å². The van der Waals surface area contributed by atoms with Crippen LogP contribution in [0.25, 0.3) is 5.57 Å². The second-order valence-electron chi connectivity index (χ2n) is 5.09. The summed E-state index contributed by atoms with van der Waals surface area (Å²) in [6.07, 6.45) is 2.09. The first kappa shape index (κ1) is 15.8. The van der Waals surface area contributed by atoms with E-state index < -0.39 is 11.8 Å². The van der Waals surface area contributed by atoms with E-state index >= 15 is 0 Å². The fourth-order valence-corrected chi connectivity index (χ4v) is 2.39. The molecule has 5 nitrogen and oxygen atoms in total. The summed E-state index contributed by atoms with van der Waals surface area (Å²) in [5.74, 6) is -2.10. The van der Waals surface area contributed by atoms with Crippen molar-refractivity contribution in [3.8, 4) is 0 Å². The summed E-state index contributed by atoms with van der Waals surface area (Å²) in [6.45, 7) is 6.28. The van der Waals surface area contributed by atoms with E-state index in [4.69, 9.17) is 5.11 Å². The van der Waals surface area contributed by atoms with Crippen molar-refractivity contribution in [2.24, 2.45) is 0 Å². The third kappa shape index (κ3) is 2.72. The van der Waals surface area contributed by atoms with Crippen molar-refractivity contribution in [1.82, 2.24) is 4.90 Å². The Morgan fingerprint density at radius 3 is 2.68 bits per heavy atom. The van der Waals surface area contributed by atoms with E-state index in [1.807, 2.05) is 6.92 Å². The van der Waals surface area contributed by atoms with Crippen LogP contribution in [0.5, 0.6) is 0 Å². The smallest absolute Gasteiger partial charge is 0.352 e. The quantitative estimate of drug-likeness (QED) is 0.897. The minimum absolute atomic E-state index is 0.0272. The molecule has 1 aliphatic rings. The lowest BCUT2D eigenvalue weighted by Gasteiger charge is -2.24. The lowest BCUT2D eigenvalue weighted by atomic mass is 9.93. The number of benzene rings is 1. The molecule has 1 heterocycles. The second kappa shape index (κ2) is 6.01. The average Bonchev–Trinajstić information content (AvgIpc) is 2.47. The van der Waals surface area contributed by atoms with Crippen LogP contribution in [0.1, 0.15) is 29.3 Å². The van der Waals surface area contributed by atoms with Crippen LogP contribution in [0.3, 0.4) is 0 Å². The summed E-state index contributed by atoms with van der Waals surface area (Å²) in [7, 11) is 1.67. The zero-order chi connectivity index (χ0) is 16.4. The van der Waals surface area contributed by atoms with E-state index in [1.54, 1.807) is 7.05 Å². The fourth-order valence-electron chi connectivity index (χ4n) is 2.39. The molecule has 0 spiro atoms. The van der Waals surface area contributed by atoms with Gasteiger partial charge in [0, 0.05) is 24.7 Å². The van der Waals surface area contributed by atoms with Crippen LogP contribution in [0, 0.1) is 5.82 Å². The molecular weight excluding hydrogens is 287 g/mol. The number of nitrogens with zero attached hydrogens (tertiary/aromatic N) is 1. The maximum Gasteiger partial charge on any atom is 0.352 e. The minimum atomic E-state index is -1.22. The monoisotopic (exact) mass is 304 g/mol. The molecule has 1 aromatic rings. The summed E-state index contributed by atoms with van der Waals surface area (Å²) in [5, 5.41) is 11.6. The number of carbonyl (C=O) groups excluding carboxylic acids is 1. The van der Waals surface area contributed by atoms with Crippen molar-refractivity contribution in [3.05, 3.63) is 47.4 Å². The zero-order valence-electron chi connectivity index (χ0n) is 12.4. The van der Waals surface area contributed by atoms with Crippen LogP contribution in [0.15, 0.2) is 30.5 Å². The molecule has 1 amide bonds. The van der Waals surface area contributed by atoms with Gasteiger partial charge in [0.15, 0.2) is 0 Å². The number of aliphatic carboxylic acids is 1. The van der Waals surface area contributed by atoms with Crippen molar-refractivity contribution in [1.29, 1.82) is 0 Å². The molecule has 0 fully saturated rings. The van der Waals surface area contributed by atoms with Gasteiger partial charge in [0.05, 0.1) is 5.69 Å². The second-order valence-corrected chi connectivity index (χ2v) is 5.09. The largest absolute Gasteiger partial charge is 0.477 e. The maximum atomic E-state index is 14.0. The molecule has 0 radical (unpaired) electrons. The predicted octanol–water partition coefficient (Wildman–Crippen LogP) is 2.71. The number of amides is 1. The van der Waals surface area contributed by atoms with Crippen molar-refractivity contribution < 1.29 is 19.1 Å².